The lowest BCUT2D eigenvalue weighted by molar-refractivity contribution is 0.100. The van der Waals surface area contributed by atoms with Gasteiger partial charge < -0.3 is 16.0 Å². The molecule has 1 aromatic carbocycles. The molecule has 3 rings (SSSR count). The summed E-state index contributed by atoms with van der Waals surface area (Å²) in [6.45, 7) is 1.93. The Hall–Kier alpha value is -2.14. The van der Waals surface area contributed by atoms with Gasteiger partial charge in [0.1, 0.15) is 0 Å². The highest BCUT2D eigenvalue weighted by Crippen LogP contribution is 2.30. The number of pyridine rings is 1. The number of carbonyl (C=O) groups is 1. The van der Waals surface area contributed by atoms with Crippen LogP contribution in [0.2, 0.25) is 0 Å². The second-order valence-electron chi connectivity index (χ2n) is 5.16. The highest BCUT2D eigenvalue weighted by molar-refractivity contribution is 6.06. The zero-order valence-corrected chi connectivity index (χ0v) is 11.5. The Morgan fingerprint density at radius 1 is 1.45 bits per heavy atom. The van der Waals surface area contributed by atoms with Crippen LogP contribution < -0.4 is 16.0 Å². The molecule has 1 aromatic heterocycles. The zero-order valence-electron chi connectivity index (χ0n) is 11.5. The molecular weight excluding hydrogens is 252 g/mol. The molecule has 1 aliphatic rings. The van der Waals surface area contributed by atoms with Crippen molar-refractivity contribution in [3.8, 4) is 0 Å². The van der Waals surface area contributed by atoms with Crippen molar-refractivity contribution in [2.45, 2.75) is 12.5 Å². The average Bonchev–Trinajstić information content (AvgIpc) is 2.99. The van der Waals surface area contributed by atoms with Crippen molar-refractivity contribution in [1.82, 2.24) is 10.3 Å². The minimum atomic E-state index is -0.434. The average molecular weight is 270 g/mol. The molecule has 5 nitrogen and oxygen atoms in total. The van der Waals surface area contributed by atoms with E-state index in [2.05, 4.69) is 15.2 Å². The maximum Gasteiger partial charge on any atom is 0.252 e. The molecule has 0 spiro atoms. The molecule has 104 valence electrons. The molecule has 1 atom stereocenters. The van der Waals surface area contributed by atoms with E-state index in [-0.39, 0.29) is 0 Å². The number of nitrogens with zero attached hydrogens (tertiary/aromatic N) is 2. The van der Waals surface area contributed by atoms with Crippen LogP contribution in [-0.4, -0.2) is 37.1 Å². The summed E-state index contributed by atoms with van der Waals surface area (Å²) in [5.74, 6) is -0.434. The Balaban J connectivity index is 2.18. The first kappa shape index (κ1) is 12.9. The molecule has 0 bridgehead atoms. The normalized spacial score (nSPS) is 18.4. The maximum atomic E-state index is 11.7. The predicted octanol–water partition coefficient (Wildman–Crippen LogP) is 1.13. The number of para-hydroxylation sites is 1. The van der Waals surface area contributed by atoms with Crippen LogP contribution in [0.5, 0.6) is 0 Å². The van der Waals surface area contributed by atoms with Gasteiger partial charge in [0, 0.05) is 31.2 Å². The summed E-state index contributed by atoms with van der Waals surface area (Å²) in [7, 11) is 2.02. The summed E-state index contributed by atoms with van der Waals surface area (Å²) in [5, 5.41) is 4.32. The lowest BCUT2D eigenvalue weighted by atomic mass is 10.1. The van der Waals surface area contributed by atoms with Crippen LogP contribution in [0, 0.1) is 0 Å². The van der Waals surface area contributed by atoms with E-state index >= 15 is 0 Å². The van der Waals surface area contributed by atoms with Crippen molar-refractivity contribution in [2.24, 2.45) is 5.73 Å². The number of anilines is 1. The van der Waals surface area contributed by atoms with E-state index in [9.17, 15) is 4.79 Å². The second-order valence-corrected chi connectivity index (χ2v) is 5.16. The van der Waals surface area contributed by atoms with Crippen molar-refractivity contribution in [3.63, 3.8) is 0 Å². The monoisotopic (exact) mass is 270 g/mol. The first-order valence-corrected chi connectivity index (χ1v) is 6.79. The standard InChI is InChI=1S/C15H18N4O/c1-19(10-6-7-17-8-10)14-11-4-2-3-5-13(11)18-9-12(14)15(16)20/h2-5,9-10,17H,6-8H2,1H3,(H2,16,20). The Morgan fingerprint density at radius 3 is 2.95 bits per heavy atom. The van der Waals surface area contributed by atoms with Gasteiger partial charge in [-0.05, 0) is 19.0 Å². The topological polar surface area (TPSA) is 71.2 Å². The predicted molar refractivity (Wildman–Crippen MR) is 79.9 cm³/mol. The Morgan fingerprint density at radius 2 is 2.25 bits per heavy atom. The molecule has 0 saturated carbocycles. The summed E-state index contributed by atoms with van der Waals surface area (Å²) in [5.41, 5.74) is 7.77. The summed E-state index contributed by atoms with van der Waals surface area (Å²) in [6, 6.07) is 8.21. The van der Waals surface area contributed by atoms with E-state index in [0.29, 0.717) is 11.6 Å². The quantitative estimate of drug-likeness (QED) is 0.877. The molecule has 3 N–H and O–H groups in total. The van der Waals surface area contributed by atoms with Gasteiger partial charge in [0.15, 0.2) is 0 Å². The molecule has 20 heavy (non-hydrogen) atoms. The van der Waals surface area contributed by atoms with E-state index in [4.69, 9.17) is 5.73 Å². The highest BCUT2D eigenvalue weighted by Gasteiger charge is 2.24. The summed E-state index contributed by atoms with van der Waals surface area (Å²) in [4.78, 5) is 18.2. The first-order valence-electron chi connectivity index (χ1n) is 6.79. The van der Waals surface area contributed by atoms with Crippen molar-refractivity contribution < 1.29 is 4.79 Å². The van der Waals surface area contributed by atoms with Gasteiger partial charge in [0.2, 0.25) is 0 Å². The molecule has 0 radical (unpaired) electrons. The molecule has 1 saturated heterocycles. The lowest BCUT2D eigenvalue weighted by Gasteiger charge is -2.28. The van der Waals surface area contributed by atoms with Gasteiger partial charge in [-0.1, -0.05) is 18.2 Å². The van der Waals surface area contributed by atoms with Gasteiger partial charge in [-0.2, -0.15) is 0 Å². The van der Waals surface area contributed by atoms with Crippen LogP contribution in [0.15, 0.2) is 30.5 Å². The summed E-state index contributed by atoms with van der Waals surface area (Å²) < 4.78 is 0. The van der Waals surface area contributed by atoms with Crippen LogP contribution in [0.3, 0.4) is 0 Å². The zero-order chi connectivity index (χ0) is 14.1. The van der Waals surface area contributed by atoms with Gasteiger partial charge >= 0.3 is 0 Å². The fourth-order valence-corrected chi connectivity index (χ4v) is 2.84. The third kappa shape index (κ3) is 2.10. The minimum absolute atomic E-state index is 0.374. The van der Waals surface area contributed by atoms with Gasteiger partial charge in [-0.15, -0.1) is 0 Å². The lowest BCUT2D eigenvalue weighted by Crippen LogP contribution is -2.35. The number of carbonyl (C=O) groups excluding carboxylic acids is 1. The smallest absolute Gasteiger partial charge is 0.252 e. The molecule has 2 heterocycles. The molecule has 1 aliphatic heterocycles. The number of hydrogen-bond acceptors (Lipinski definition) is 4. The Labute approximate surface area is 117 Å². The molecular formula is C15H18N4O. The van der Waals surface area contributed by atoms with Crippen molar-refractivity contribution in [1.29, 1.82) is 0 Å². The molecule has 0 aliphatic carbocycles. The maximum absolute atomic E-state index is 11.7. The van der Waals surface area contributed by atoms with Crippen LogP contribution in [0.25, 0.3) is 10.9 Å². The molecule has 2 aromatic rings. The van der Waals surface area contributed by atoms with E-state index in [1.165, 1.54) is 0 Å². The number of likely N-dealkylation sites (N-methyl/N-ethyl adjacent to an activating group) is 1. The molecule has 1 fully saturated rings. The number of nitrogens with two attached hydrogens (primary N) is 1. The number of rotatable bonds is 3. The van der Waals surface area contributed by atoms with Crippen LogP contribution in [0.1, 0.15) is 16.8 Å². The SMILES string of the molecule is CN(c1c(C(N)=O)cnc2ccccc12)C1CCNC1. The number of primary amides is 1. The summed E-state index contributed by atoms with van der Waals surface area (Å²) >= 11 is 0. The first-order chi connectivity index (χ1) is 9.68. The number of aromatic nitrogens is 1. The largest absolute Gasteiger partial charge is 0.369 e. The van der Waals surface area contributed by atoms with E-state index in [0.717, 1.165) is 36.1 Å². The van der Waals surface area contributed by atoms with Gasteiger partial charge in [-0.3, -0.25) is 9.78 Å². The van der Waals surface area contributed by atoms with E-state index in [1.54, 1.807) is 6.20 Å². The third-order valence-electron chi connectivity index (χ3n) is 3.95. The van der Waals surface area contributed by atoms with Crippen molar-refractivity contribution in [2.75, 3.05) is 25.0 Å². The van der Waals surface area contributed by atoms with Crippen LogP contribution in [-0.2, 0) is 0 Å². The van der Waals surface area contributed by atoms with Crippen molar-refractivity contribution >= 4 is 22.5 Å². The Kier molecular flexibility index (Phi) is 3.28. The van der Waals surface area contributed by atoms with Crippen LogP contribution in [0.4, 0.5) is 5.69 Å². The second kappa shape index (κ2) is 5.09. The molecule has 1 unspecified atom stereocenters. The van der Waals surface area contributed by atoms with E-state index < -0.39 is 5.91 Å². The van der Waals surface area contributed by atoms with Gasteiger partial charge in [0.25, 0.3) is 5.91 Å². The van der Waals surface area contributed by atoms with Gasteiger partial charge in [-0.25, -0.2) is 0 Å². The molecule has 5 heteroatoms. The summed E-state index contributed by atoms with van der Waals surface area (Å²) in [6.07, 6.45) is 2.64. The van der Waals surface area contributed by atoms with Gasteiger partial charge in [0.05, 0.1) is 16.8 Å². The number of benzene rings is 1. The fourth-order valence-electron chi connectivity index (χ4n) is 2.84. The van der Waals surface area contributed by atoms with E-state index in [1.807, 2.05) is 31.3 Å². The minimum Gasteiger partial charge on any atom is -0.369 e. The third-order valence-corrected chi connectivity index (χ3v) is 3.95. The fraction of sp³-hybridized carbons (Fsp3) is 0.333. The molecule has 1 amide bonds. The number of amides is 1. The number of nitrogens with one attached hydrogen (secondary N) is 1. The number of hydrogen-bond donors (Lipinski definition) is 2. The van der Waals surface area contributed by atoms with Crippen molar-refractivity contribution in [3.05, 3.63) is 36.0 Å². The van der Waals surface area contributed by atoms with Crippen LogP contribution >= 0.6 is 0 Å². The number of fused-ring (bicyclic) bond motifs is 1. The Bertz CT molecular complexity index is 649. The highest BCUT2D eigenvalue weighted by atomic mass is 16.1.